The molecule has 0 bridgehead atoms. The number of halogens is 1. The summed E-state index contributed by atoms with van der Waals surface area (Å²) in [6.45, 7) is 1.18. The molecule has 4 rings (SSSR count). The van der Waals surface area contributed by atoms with Gasteiger partial charge in [0, 0.05) is 17.1 Å². The normalized spacial score (nSPS) is 10.9. The highest BCUT2D eigenvalue weighted by Gasteiger charge is 2.21. The molecule has 4 aromatic rings. The molecule has 0 unspecified atom stereocenters. The van der Waals surface area contributed by atoms with Gasteiger partial charge >= 0.3 is 5.97 Å². The van der Waals surface area contributed by atoms with Crippen LogP contribution in [0.5, 0.6) is 0 Å². The minimum atomic E-state index is -0.687. The van der Waals surface area contributed by atoms with E-state index in [-0.39, 0.29) is 16.1 Å². The Kier molecular flexibility index (Phi) is 5.67. The molecule has 0 radical (unpaired) electrons. The van der Waals surface area contributed by atoms with Crippen molar-refractivity contribution < 1.29 is 14.3 Å². The van der Waals surface area contributed by atoms with Gasteiger partial charge in [0.2, 0.25) is 0 Å². The predicted octanol–water partition coefficient (Wildman–Crippen LogP) is 4.15. The van der Waals surface area contributed by atoms with Gasteiger partial charge in [-0.05, 0) is 25.1 Å². The molecule has 158 valence electrons. The topological polar surface area (TPSA) is 82.3 Å². The summed E-state index contributed by atoms with van der Waals surface area (Å²) in [4.78, 5) is 37.9. The van der Waals surface area contributed by atoms with Crippen molar-refractivity contribution in [3.05, 3.63) is 80.5 Å². The van der Waals surface area contributed by atoms with Gasteiger partial charge in [-0.3, -0.25) is 14.3 Å². The third-order valence-corrected chi connectivity index (χ3v) is 6.53. The second-order valence-electron chi connectivity index (χ2n) is 6.80. The summed E-state index contributed by atoms with van der Waals surface area (Å²) in [5.41, 5.74) is 0.997. The molecule has 2 heterocycles. The van der Waals surface area contributed by atoms with E-state index in [1.807, 2.05) is 42.5 Å². The first kappa shape index (κ1) is 20.9. The number of hydrogen-bond acceptors (Lipinski definition) is 5. The second kappa shape index (κ2) is 8.41. The molecule has 0 atom stereocenters. The number of anilines is 1. The number of carbonyl (C=O) groups is 2. The minimum Gasteiger partial charge on any atom is -0.451 e. The quantitative estimate of drug-likeness (QED) is 0.458. The van der Waals surface area contributed by atoms with Crippen molar-refractivity contribution in [1.82, 2.24) is 9.36 Å². The second-order valence-corrected chi connectivity index (χ2v) is 8.23. The molecule has 2 aromatic heterocycles. The van der Waals surface area contributed by atoms with Crippen molar-refractivity contribution in [3.8, 4) is 5.69 Å². The van der Waals surface area contributed by atoms with E-state index in [1.54, 1.807) is 30.8 Å². The average Bonchev–Trinajstić information content (AvgIpc) is 3.22. The number of hydrogen-bond donors (Lipinski definition) is 1. The van der Waals surface area contributed by atoms with Gasteiger partial charge in [-0.1, -0.05) is 48.0 Å². The molecule has 7 nitrogen and oxygen atoms in total. The highest BCUT2D eigenvalue weighted by Crippen LogP contribution is 2.35. The summed E-state index contributed by atoms with van der Waals surface area (Å²) >= 11 is 7.48. The molecule has 31 heavy (non-hydrogen) atoms. The standard InChI is InChI=1S/C22H18ClN3O4S/c1-13-19(21(28)26(25(13)2)14-8-4-3-5-9-14)24-17(27)12-30-22(29)20-18(23)15-10-6-7-11-16(15)31-20/h3-11H,12H2,1-2H3,(H,24,27). The fourth-order valence-electron chi connectivity index (χ4n) is 3.23. The fourth-order valence-corrected chi connectivity index (χ4v) is 4.63. The minimum absolute atomic E-state index is 0.132. The van der Waals surface area contributed by atoms with Crippen LogP contribution in [-0.4, -0.2) is 27.8 Å². The molecule has 1 amide bonds. The maximum absolute atomic E-state index is 12.9. The molecular formula is C22H18ClN3O4S. The lowest BCUT2D eigenvalue weighted by Crippen LogP contribution is -2.25. The third-order valence-electron chi connectivity index (χ3n) is 4.87. The predicted molar refractivity (Wildman–Crippen MR) is 121 cm³/mol. The van der Waals surface area contributed by atoms with Crippen molar-refractivity contribution >= 4 is 50.6 Å². The molecule has 0 aliphatic carbocycles. The van der Waals surface area contributed by atoms with Crippen LogP contribution in [0.4, 0.5) is 5.69 Å². The molecule has 0 aliphatic rings. The van der Waals surface area contributed by atoms with Gasteiger partial charge in [0.25, 0.3) is 11.5 Å². The number of nitrogens with zero attached hydrogens (tertiary/aromatic N) is 2. The number of aromatic nitrogens is 2. The Morgan fingerprint density at radius 3 is 2.48 bits per heavy atom. The highest BCUT2D eigenvalue weighted by atomic mass is 35.5. The van der Waals surface area contributed by atoms with Crippen LogP contribution < -0.4 is 10.9 Å². The van der Waals surface area contributed by atoms with Crippen molar-refractivity contribution in [2.24, 2.45) is 7.05 Å². The summed E-state index contributed by atoms with van der Waals surface area (Å²) in [5, 5.41) is 3.62. The number of para-hydroxylation sites is 1. The lowest BCUT2D eigenvalue weighted by molar-refractivity contribution is -0.119. The number of nitrogens with one attached hydrogen (secondary N) is 1. The van der Waals surface area contributed by atoms with Crippen molar-refractivity contribution in [2.45, 2.75) is 6.92 Å². The zero-order chi connectivity index (χ0) is 22.1. The molecule has 1 N–H and O–H groups in total. The Hall–Kier alpha value is -3.36. The van der Waals surface area contributed by atoms with E-state index >= 15 is 0 Å². The largest absolute Gasteiger partial charge is 0.451 e. The molecule has 0 spiro atoms. The number of ether oxygens (including phenoxy) is 1. The zero-order valence-corrected chi connectivity index (χ0v) is 18.3. The van der Waals surface area contributed by atoms with Crippen LogP contribution >= 0.6 is 22.9 Å². The SMILES string of the molecule is Cc1c(NC(=O)COC(=O)c2sc3ccccc3c2Cl)c(=O)n(-c2ccccc2)n1C. The number of carbonyl (C=O) groups excluding carboxylic acids is 2. The number of rotatable bonds is 5. The smallest absolute Gasteiger partial charge is 0.350 e. The van der Waals surface area contributed by atoms with E-state index < -0.39 is 18.5 Å². The number of benzene rings is 2. The van der Waals surface area contributed by atoms with E-state index in [9.17, 15) is 14.4 Å². The summed E-state index contributed by atoms with van der Waals surface area (Å²) in [6, 6.07) is 16.4. The number of thiophene rings is 1. The first-order valence-electron chi connectivity index (χ1n) is 9.36. The Bertz CT molecular complexity index is 1350. The van der Waals surface area contributed by atoms with Crippen LogP contribution in [0.3, 0.4) is 0 Å². The zero-order valence-electron chi connectivity index (χ0n) is 16.7. The summed E-state index contributed by atoms with van der Waals surface area (Å²) in [5.74, 6) is -1.30. The monoisotopic (exact) mass is 455 g/mol. The molecule has 0 fully saturated rings. The van der Waals surface area contributed by atoms with Crippen LogP contribution in [-0.2, 0) is 16.6 Å². The Morgan fingerprint density at radius 1 is 1.10 bits per heavy atom. The maximum Gasteiger partial charge on any atom is 0.350 e. The van der Waals surface area contributed by atoms with Gasteiger partial charge in [-0.15, -0.1) is 11.3 Å². The van der Waals surface area contributed by atoms with Crippen LogP contribution in [0.2, 0.25) is 5.02 Å². The van der Waals surface area contributed by atoms with Gasteiger partial charge < -0.3 is 10.1 Å². The molecule has 9 heteroatoms. The highest BCUT2D eigenvalue weighted by molar-refractivity contribution is 7.21. The van der Waals surface area contributed by atoms with E-state index in [4.69, 9.17) is 16.3 Å². The molecule has 0 aliphatic heterocycles. The Labute approximate surface area is 186 Å². The Morgan fingerprint density at radius 2 is 1.77 bits per heavy atom. The maximum atomic E-state index is 12.9. The number of fused-ring (bicyclic) bond motifs is 1. The molecule has 2 aromatic carbocycles. The van der Waals surface area contributed by atoms with Crippen LogP contribution in [0.25, 0.3) is 15.8 Å². The van der Waals surface area contributed by atoms with Crippen molar-refractivity contribution in [2.75, 3.05) is 11.9 Å². The average molecular weight is 456 g/mol. The lowest BCUT2D eigenvalue weighted by atomic mass is 10.2. The lowest BCUT2D eigenvalue weighted by Gasteiger charge is -2.07. The number of amides is 1. The molecule has 0 saturated carbocycles. The van der Waals surface area contributed by atoms with Crippen LogP contribution in [0, 0.1) is 6.92 Å². The van der Waals surface area contributed by atoms with Gasteiger partial charge in [0.1, 0.15) is 10.6 Å². The molecular weight excluding hydrogens is 438 g/mol. The first-order chi connectivity index (χ1) is 14.9. The summed E-state index contributed by atoms with van der Waals surface area (Å²) in [7, 11) is 1.73. The van der Waals surface area contributed by atoms with Crippen LogP contribution in [0.1, 0.15) is 15.4 Å². The summed E-state index contributed by atoms with van der Waals surface area (Å²) in [6.07, 6.45) is 0. The van der Waals surface area contributed by atoms with E-state index in [0.29, 0.717) is 16.4 Å². The van der Waals surface area contributed by atoms with Gasteiger partial charge in [0.05, 0.1) is 16.4 Å². The summed E-state index contributed by atoms with van der Waals surface area (Å²) < 4.78 is 9.09. The van der Waals surface area contributed by atoms with Crippen molar-refractivity contribution in [3.63, 3.8) is 0 Å². The third kappa shape index (κ3) is 3.87. The van der Waals surface area contributed by atoms with Crippen LogP contribution in [0.15, 0.2) is 59.4 Å². The Balaban J connectivity index is 1.49. The first-order valence-corrected chi connectivity index (χ1v) is 10.6. The number of esters is 1. The van der Waals surface area contributed by atoms with E-state index in [0.717, 1.165) is 10.1 Å². The van der Waals surface area contributed by atoms with Gasteiger partial charge in [0.15, 0.2) is 6.61 Å². The fraction of sp³-hybridized carbons (Fsp3) is 0.136. The van der Waals surface area contributed by atoms with E-state index in [2.05, 4.69) is 5.32 Å². The van der Waals surface area contributed by atoms with Crippen molar-refractivity contribution in [1.29, 1.82) is 0 Å². The van der Waals surface area contributed by atoms with Gasteiger partial charge in [-0.2, -0.15) is 0 Å². The van der Waals surface area contributed by atoms with E-state index in [1.165, 1.54) is 16.0 Å². The van der Waals surface area contributed by atoms with Gasteiger partial charge in [-0.25, -0.2) is 9.48 Å². The molecule has 0 saturated heterocycles.